The van der Waals surface area contributed by atoms with Crippen molar-refractivity contribution in [2.45, 2.75) is 51.3 Å². The van der Waals surface area contributed by atoms with Crippen LogP contribution in [0, 0.1) is 5.92 Å². The van der Waals surface area contributed by atoms with Gasteiger partial charge in [-0.3, -0.25) is 9.48 Å². The maximum atomic E-state index is 12.6. The summed E-state index contributed by atoms with van der Waals surface area (Å²) < 4.78 is 7.74. The van der Waals surface area contributed by atoms with Crippen molar-refractivity contribution in [3.63, 3.8) is 0 Å². The van der Waals surface area contributed by atoms with Gasteiger partial charge in [0.05, 0.1) is 11.6 Å². The number of allylic oxidation sites excluding steroid dienone is 1. The molecule has 0 radical (unpaired) electrons. The van der Waals surface area contributed by atoms with E-state index in [-0.39, 0.29) is 24.0 Å². The van der Waals surface area contributed by atoms with Crippen LogP contribution in [0.3, 0.4) is 0 Å². The molecule has 2 aliphatic rings. The molecule has 1 saturated heterocycles. The van der Waals surface area contributed by atoms with E-state index < -0.39 is 0 Å². The average Bonchev–Trinajstić information content (AvgIpc) is 3.16. The Labute approximate surface area is 125 Å². The second-order valence-electron chi connectivity index (χ2n) is 5.73. The molecule has 1 N–H and O–H groups in total. The lowest BCUT2D eigenvalue weighted by atomic mass is 9.96. The van der Waals surface area contributed by atoms with E-state index in [1.165, 1.54) is 0 Å². The Morgan fingerprint density at radius 3 is 3.19 bits per heavy atom. The minimum atomic E-state index is -0.167. The van der Waals surface area contributed by atoms with Crippen molar-refractivity contribution >= 4 is 5.91 Å². The van der Waals surface area contributed by atoms with Crippen LogP contribution in [0.25, 0.3) is 0 Å². The second-order valence-corrected chi connectivity index (χ2v) is 5.73. The van der Waals surface area contributed by atoms with Crippen LogP contribution >= 0.6 is 0 Å². The quantitative estimate of drug-likeness (QED) is 0.865. The molecule has 1 aliphatic carbocycles. The molecule has 1 aromatic rings. The summed E-state index contributed by atoms with van der Waals surface area (Å²) in [6, 6.07) is 2.14. The molecule has 0 spiro atoms. The van der Waals surface area contributed by atoms with Gasteiger partial charge >= 0.3 is 0 Å². The van der Waals surface area contributed by atoms with Crippen molar-refractivity contribution in [1.82, 2.24) is 15.1 Å². The summed E-state index contributed by atoms with van der Waals surface area (Å²) in [5.74, 6) is 0.000213. The van der Waals surface area contributed by atoms with Crippen LogP contribution in [0.2, 0.25) is 0 Å². The zero-order chi connectivity index (χ0) is 14.7. The zero-order valence-electron chi connectivity index (χ0n) is 12.5. The fourth-order valence-corrected chi connectivity index (χ4v) is 3.22. The van der Waals surface area contributed by atoms with E-state index in [1.54, 1.807) is 6.20 Å². The fourth-order valence-electron chi connectivity index (χ4n) is 3.22. The second kappa shape index (κ2) is 6.43. The summed E-state index contributed by atoms with van der Waals surface area (Å²) in [5, 5.41) is 7.44. The van der Waals surface area contributed by atoms with E-state index in [0.29, 0.717) is 6.61 Å². The van der Waals surface area contributed by atoms with Crippen LogP contribution in [-0.4, -0.2) is 28.3 Å². The van der Waals surface area contributed by atoms with Crippen LogP contribution in [-0.2, 0) is 16.1 Å². The topological polar surface area (TPSA) is 56.2 Å². The van der Waals surface area contributed by atoms with Crippen LogP contribution < -0.4 is 5.32 Å². The molecular weight excluding hydrogens is 266 g/mol. The summed E-state index contributed by atoms with van der Waals surface area (Å²) in [6.07, 6.45) is 9.96. The van der Waals surface area contributed by atoms with Gasteiger partial charge < -0.3 is 10.1 Å². The van der Waals surface area contributed by atoms with E-state index >= 15 is 0 Å². The third-order valence-corrected chi connectivity index (χ3v) is 4.35. The van der Waals surface area contributed by atoms with Gasteiger partial charge in [-0.1, -0.05) is 12.2 Å². The predicted molar refractivity (Wildman–Crippen MR) is 79.6 cm³/mol. The number of amides is 1. The normalized spacial score (nSPS) is 28.7. The minimum absolute atomic E-state index is 0.109. The smallest absolute Gasteiger partial charge is 0.226 e. The molecule has 5 heteroatoms. The molecule has 1 fully saturated rings. The van der Waals surface area contributed by atoms with Crippen molar-refractivity contribution in [1.29, 1.82) is 0 Å². The Bertz CT molecular complexity index is 523. The molecule has 3 atom stereocenters. The Kier molecular flexibility index (Phi) is 4.39. The summed E-state index contributed by atoms with van der Waals surface area (Å²) in [7, 11) is 0. The van der Waals surface area contributed by atoms with Gasteiger partial charge in [-0.2, -0.15) is 5.10 Å². The van der Waals surface area contributed by atoms with Crippen LogP contribution in [0.15, 0.2) is 24.4 Å². The molecule has 0 saturated carbocycles. The first-order chi connectivity index (χ1) is 10.3. The summed E-state index contributed by atoms with van der Waals surface area (Å²) in [4.78, 5) is 12.6. The molecule has 0 bridgehead atoms. The lowest BCUT2D eigenvalue weighted by Crippen LogP contribution is -2.39. The summed E-state index contributed by atoms with van der Waals surface area (Å²) in [5.41, 5.74) is 1.01. The van der Waals surface area contributed by atoms with Crippen molar-refractivity contribution < 1.29 is 9.53 Å². The van der Waals surface area contributed by atoms with Gasteiger partial charge in [0, 0.05) is 25.4 Å². The Morgan fingerprint density at radius 1 is 1.52 bits per heavy atom. The SMILES string of the molecule is CCn1nccc1[C@@H]1OCC[C@H]1C(=O)N[C@@H]1C=CCCC1. The first-order valence-electron chi connectivity index (χ1n) is 7.90. The van der Waals surface area contributed by atoms with Crippen molar-refractivity contribution in [2.24, 2.45) is 5.92 Å². The number of carbonyl (C=O) groups excluding carboxylic acids is 1. The summed E-state index contributed by atoms with van der Waals surface area (Å²) in [6.45, 7) is 3.48. The predicted octanol–water partition coefficient (Wildman–Crippen LogP) is 2.21. The first-order valence-corrected chi connectivity index (χ1v) is 7.90. The van der Waals surface area contributed by atoms with Gasteiger partial charge in [-0.15, -0.1) is 0 Å². The number of ether oxygens (including phenoxy) is 1. The van der Waals surface area contributed by atoms with Gasteiger partial charge in [-0.25, -0.2) is 0 Å². The third-order valence-electron chi connectivity index (χ3n) is 4.35. The largest absolute Gasteiger partial charge is 0.371 e. The maximum absolute atomic E-state index is 12.6. The van der Waals surface area contributed by atoms with Gasteiger partial charge in [0.1, 0.15) is 6.10 Å². The highest BCUT2D eigenvalue weighted by atomic mass is 16.5. The van der Waals surface area contributed by atoms with Crippen molar-refractivity contribution in [3.8, 4) is 0 Å². The van der Waals surface area contributed by atoms with E-state index in [1.807, 2.05) is 17.7 Å². The van der Waals surface area contributed by atoms with Crippen LogP contribution in [0.1, 0.15) is 44.4 Å². The Balaban J connectivity index is 1.70. The number of nitrogens with one attached hydrogen (secondary N) is 1. The number of aryl methyl sites for hydroxylation is 1. The Hall–Kier alpha value is -1.62. The zero-order valence-corrected chi connectivity index (χ0v) is 12.5. The van der Waals surface area contributed by atoms with E-state index in [2.05, 4.69) is 22.6 Å². The number of hydrogen-bond donors (Lipinski definition) is 1. The highest BCUT2D eigenvalue weighted by Gasteiger charge is 2.37. The van der Waals surface area contributed by atoms with Crippen LogP contribution in [0.5, 0.6) is 0 Å². The van der Waals surface area contributed by atoms with E-state index in [0.717, 1.165) is 37.9 Å². The number of nitrogens with zero attached hydrogens (tertiary/aromatic N) is 2. The number of hydrogen-bond acceptors (Lipinski definition) is 3. The highest BCUT2D eigenvalue weighted by molar-refractivity contribution is 5.80. The monoisotopic (exact) mass is 289 g/mol. The Morgan fingerprint density at radius 2 is 2.43 bits per heavy atom. The fraction of sp³-hybridized carbons (Fsp3) is 0.625. The molecule has 5 nitrogen and oxygen atoms in total. The van der Waals surface area contributed by atoms with Crippen molar-refractivity contribution in [2.75, 3.05) is 6.61 Å². The molecule has 3 rings (SSSR count). The van der Waals surface area contributed by atoms with Gasteiger partial charge in [0.25, 0.3) is 0 Å². The number of carbonyl (C=O) groups is 1. The maximum Gasteiger partial charge on any atom is 0.226 e. The standard InChI is InChI=1S/C16H23N3O2/c1-2-19-14(8-10-17-19)15-13(9-11-21-15)16(20)18-12-6-4-3-5-7-12/h4,6,8,10,12-13,15H,2-3,5,7,9,11H2,1H3,(H,18,20)/t12-,13-,15-/m1/s1. The minimum Gasteiger partial charge on any atom is -0.371 e. The molecule has 1 amide bonds. The average molecular weight is 289 g/mol. The molecule has 1 aromatic heterocycles. The molecule has 1 aliphatic heterocycles. The van der Waals surface area contributed by atoms with Gasteiger partial charge in [0.15, 0.2) is 0 Å². The molecule has 114 valence electrons. The highest BCUT2D eigenvalue weighted by Crippen LogP contribution is 2.34. The molecule has 0 aromatic carbocycles. The third kappa shape index (κ3) is 3.02. The van der Waals surface area contributed by atoms with Gasteiger partial charge in [-0.05, 0) is 38.7 Å². The molecule has 21 heavy (non-hydrogen) atoms. The van der Waals surface area contributed by atoms with Crippen molar-refractivity contribution in [3.05, 3.63) is 30.1 Å². The van der Waals surface area contributed by atoms with Gasteiger partial charge in [0.2, 0.25) is 5.91 Å². The van der Waals surface area contributed by atoms with Crippen LogP contribution in [0.4, 0.5) is 0 Å². The lowest BCUT2D eigenvalue weighted by molar-refractivity contribution is -0.127. The first kappa shape index (κ1) is 14.3. The summed E-state index contributed by atoms with van der Waals surface area (Å²) >= 11 is 0. The molecular formula is C16H23N3O2. The number of aromatic nitrogens is 2. The van der Waals surface area contributed by atoms with E-state index in [4.69, 9.17) is 4.74 Å². The molecule has 2 heterocycles. The molecule has 0 unspecified atom stereocenters. The number of rotatable bonds is 4. The van der Waals surface area contributed by atoms with E-state index in [9.17, 15) is 4.79 Å². The lowest BCUT2D eigenvalue weighted by Gasteiger charge is -2.23.